The van der Waals surface area contributed by atoms with Gasteiger partial charge in [-0.2, -0.15) is 5.26 Å². The first kappa shape index (κ1) is 21.6. The summed E-state index contributed by atoms with van der Waals surface area (Å²) in [5.74, 6) is 0.884. The summed E-state index contributed by atoms with van der Waals surface area (Å²) in [5.41, 5.74) is 3.26. The second-order valence-electron chi connectivity index (χ2n) is 8.47. The van der Waals surface area contributed by atoms with Gasteiger partial charge in [-0.1, -0.05) is 48.5 Å². The fourth-order valence-electron chi connectivity index (χ4n) is 4.67. The molecule has 5 rings (SSSR count). The molecular weight excluding hydrogens is 424 g/mol. The van der Waals surface area contributed by atoms with Crippen molar-refractivity contribution in [2.24, 2.45) is 7.05 Å². The van der Waals surface area contributed by atoms with Gasteiger partial charge >= 0.3 is 0 Å². The highest BCUT2D eigenvalue weighted by Gasteiger charge is 2.39. The molecule has 1 aliphatic rings. The molecule has 0 saturated carbocycles. The van der Waals surface area contributed by atoms with E-state index in [2.05, 4.69) is 16.4 Å². The average Bonchev–Trinajstić information content (AvgIpc) is 3.54. The molecule has 0 bridgehead atoms. The lowest BCUT2D eigenvalue weighted by molar-refractivity contribution is 0.103. The van der Waals surface area contributed by atoms with Crippen LogP contribution < -0.4 is 10.1 Å². The number of ether oxygens (including phenoxy) is 1. The molecule has 0 radical (unpaired) electrons. The zero-order chi connectivity index (χ0) is 23.5. The maximum atomic E-state index is 12.9. The van der Waals surface area contributed by atoms with Crippen LogP contribution in [0.15, 0.2) is 85.3 Å². The summed E-state index contributed by atoms with van der Waals surface area (Å²) in [6.45, 7) is 0.894. The van der Waals surface area contributed by atoms with Gasteiger partial charge in [0.15, 0.2) is 5.78 Å². The Bertz CT molecular complexity index is 1380. The number of hydrogen-bond donors (Lipinski definition) is 1. The molecule has 1 aliphatic heterocycles. The van der Waals surface area contributed by atoms with E-state index >= 15 is 0 Å². The van der Waals surface area contributed by atoms with Crippen LogP contribution in [-0.2, 0) is 12.6 Å². The molecule has 6 nitrogen and oxygen atoms in total. The number of imidazole rings is 1. The normalized spacial score (nSPS) is 17.3. The number of aryl methyl sites for hydroxylation is 1. The first-order valence-electron chi connectivity index (χ1n) is 11.2. The molecule has 0 aliphatic carbocycles. The molecule has 1 aromatic heterocycles. The van der Waals surface area contributed by atoms with Crippen LogP contribution in [0.5, 0.6) is 11.5 Å². The Morgan fingerprint density at radius 3 is 2.62 bits per heavy atom. The summed E-state index contributed by atoms with van der Waals surface area (Å²) >= 11 is 0. The van der Waals surface area contributed by atoms with Crippen LogP contribution in [0.2, 0.25) is 0 Å². The molecule has 1 fully saturated rings. The second-order valence-corrected chi connectivity index (χ2v) is 8.47. The van der Waals surface area contributed by atoms with E-state index in [1.54, 1.807) is 48.8 Å². The molecule has 1 saturated heterocycles. The van der Waals surface area contributed by atoms with E-state index in [9.17, 15) is 10.1 Å². The van der Waals surface area contributed by atoms with Crippen molar-refractivity contribution in [2.45, 2.75) is 18.4 Å². The zero-order valence-corrected chi connectivity index (χ0v) is 18.9. The standard InChI is InChI=1S/C28H24N4O2/c1-32-19-30-18-26(32)28(13-6-14-31-28)23-12-11-22(17-29)25(16-23)34-24-10-5-9-21(15-24)27(33)20-7-3-2-4-8-20/h2-5,7-12,15-16,18-19,31H,6,13-14H2,1H3. The van der Waals surface area contributed by atoms with Crippen molar-refractivity contribution in [3.63, 3.8) is 0 Å². The highest BCUT2D eigenvalue weighted by molar-refractivity contribution is 6.09. The number of benzene rings is 3. The van der Waals surface area contributed by atoms with Crippen molar-refractivity contribution in [1.29, 1.82) is 5.26 Å². The van der Waals surface area contributed by atoms with Gasteiger partial charge in [0.2, 0.25) is 0 Å². The van der Waals surface area contributed by atoms with E-state index in [-0.39, 0.29) is 5.78 Å². The van der Waals surface area contributed by atoms with Crippen molar-refractivity contribution in [3.05, 3.63) is 113 Å². The van der Waals surface area contributed by atoms with Crippen LogP contribution >= 0.6 is 0 Å². The Morgan fingerprint density at radius 2 is 1.91 bits per heavy atom. The number of aromatic nitrogens is 2. The van der Waals surface area contributed by atoms with Crippen LogP contribution in [0.1, 0.15) is 45.6 Å². The summed E-state index contributed by atoms with van der Waals surface area (Å²) in [6.07, 6.45) is 5.63. The second kappa shape index (κ2) is 8.97. The Morgan fingerprint density at radius 1 is 1.09 bits per heavy atom. The third-order valence-corrected chi connectivity index (χ3v) is 6.36. The summed E-state index contributed by atoms with van der Waals surface area (Å²) in [5, 5.41) is 13.4. The molecule has 1 N–H and O–H groups in total. The summed E-state index contributed by atoms with van der Waals surface area (Å²) < 4.78 is 8.22. The van der Waals surface area contributed by atoms with Gasteiger partial charge in [-0.3, -0.25) is 4.79 Å². The van der Waals surface area contributed by atoms with Crippen LogP contribution in [0.3, 0.4) is 0 Å². The van der Waals surface area contributed by atoms with Gasteiger partial charge in [-0.25, -0.2) is 4.98 Å². The number of carbonyl (C=O) groups is 1. The van der Waals surface area contributed by atoms with E-state index in [0.29, 0.717) is 28.2 Å². The highest BCUT2D eigenvalue weighted by atomic mass is 16.5. The predicted octanol–water partition coefficient (Wildman–Crippen LogP) is 4.94. The topological polar surface area (TPSA) is 79.9 Å². The Labute approximate surface area is 198 Å². The van der Waals surface area contributed by atoms with Crippen molar-refractivity contribution in [3.8, 4) is 17.6 Å². The average molecular weight is 449 g/mol. The lowest BCUT2D eigenvalue weighted by Crippen LogP contribution is -2.39. The maximum absolute atomic E-state index is 12.9. The zero-order valence-electron chi connectivity index (χ0n) is 18.9. The van der Waals surface area contributed by atoms with Crippen LogP contribution in [0, 0.1) is 11.3 Å². The maximum Gasteiger partial charge on any atom is 0.193 e. The van der Waals surface area contributed by atoms with Gasteiger partial charge in [-0.15, -0.1) is 0 Å². The molecule has 168 valence electrons. The number of rotatable bonds is 6. The highest BCUT2D eigenvalue weighted by Crippen LogP contribution is 2.40. The third-order valence-electron chi connectivity index (χ3n) is 6.36. The van der Waals surface area contributed by atoms with Crippen molar-refractivity contribution in [1.82, 2.24) is 14.9 Å². The monoisotopic (exact) mass is 448 g/mol. The Hall–Kier alpha value is -4.21. The largest absolute Gasteiger partial charge is 0.456 e. The molecule has 3 aromatic carbocycles. The summed E-state index contributed by atoms with van der Waals surface area (Å²) in [4.78, 5) is 17.2. The van der Waals surface area contributed by atoms with Gasteiger partial charge in [0.05, 0.1) is 29.3 Å². The van der Waals surface area contributed by atoms with Gasteiger partial charge < -0.3 is 14.6 Å². The molecular formula is C28H24N4O2. The fourth-order valence-corrected chi connectivity index (χ4v) is 4.67. The van der Waals surface area contributed by atoms with Crippen molar-refractivity contribution in [2.75, 3.05) is 6.54 Å². The number of nitrogens with zero attached hydrogens (tertiary/aromatic N) is 3. The van der Waals surface area contributed by atoms with Gasteiger partial charge in [0.1, 0.15) is 17.6 Å². The van der Waals surface area contributed by atoms with E-state index in [0.717, 1.165) is 30.6 Å². The number of carbonyl (C=O) groups excluding carboxylic acids is 1. The quantitative estimate of drug-likeness (QED) is 0.423. The first-order valence-corrected chi connectivity index (χ1v) is 11.2. The number of ketones is 1. The number of nitrogens with one attached hydrogen (secondary N) is 1. The van der Waals surface area contributed by atoms with Crippen LogP contribution in [0.4, 0.5) is 0 Å². The summed E-state index contributed by atoms with van der Waals surface area (Å²) in [6, 6.07) is 24.1. The SMILES string of the molecule is Cn1cncc1C1(c2ccc(C#N)c(Oc3cccc(C(=O)c4ccccc4)c3)c2)CCCN1. The van der Waals surface area contributed by atoms with Crippen molar-refractivity contribution >= 4 is 5.78 Å². The minimum absolute atomic E-state index is 0.0781. The molecule has 34 heavy (non-hydrogen) atoms. The Kier molecular flexibility index (Phi) is 5.70. The van der Waals surface area contributed by atoms with Crippen LogP contribution in [0.25, 0.3) is 0 Å². The minimum atomic E-state index is -0.400. The van der Waals surface area contributed by atoms with Gasteiger partial charge in [0, 0.05) is 18.2 Å². The van der Waals surface area contributed by atoms with E-state index in [1.165, 1.54) is 0 Å². The molecule has 1 unspecified atom stereocenters. The third kappa shape index (κ3) is 3.87. The summed E-state index contributed by atoms with van der Waals surface area (Å²) in [7, 11) is 1.99. The number of nitriles is 1. The molecule has 0 spiro atoms. The first-order chi connectivity index (χ1) is 16.6. The van der Waals surface area contributed by atoms with E-state index in [4.69, 9.17) is 4.74 Å². The van der Waals surface area contributed by atoms with Crippen molar-refractivity contribution < 1.29 is 9.53 Å². The molecule has 0 amide bonds. The Balaban J connectivity index is 1.51. The number of hydrogen-bond acceptors (Lipinski definition) is 5. The molecule has 1 atom stereocenters. The smallest absolute Gasteiger partial charge is 0.193 e. The lowest BCUT2D eigenvalue weighted by Gasteiger charge is -2.31. The van der Waals surface area contributed by atoms with Crippen LogP contribution in [-0.4, -0.2) is 21.9 Å². The van der Waals surface area contributed by atoms with Gasteiger partial charge in [-0.05, 0) is 49.2 Å². The fraction of sp³-hybridized carbons (Fsp3) is 0.179. The molecule has 2 heterocycles. The molecule has 4 aromatic rings. The van der Waals surface area contributed by atoms with E-state index in [1.807, 2.05) is 48.1 Å². The molecule has 6 heteroatoms. The lowest BCUT2D eigenvalue weighted by atomic mass is 9.84. The van der Waals surface area contributed by atoms with Gasteiger partial charge in [0.25, 0.3) is 0 Å². The predicted molar refractivity (Wildman–Crippen MR) is 129 cm³/mol. The van der Waals surface area contributed by atoms with E-state index < -0.39 is 5.54 Å². The minimum Gasteiger partial charge on any atom is -0.456 e.